The van der Waals surface area contributed by atoms with Crippen molar-refractivity contribution < 1.29 is 15.0 Å². The van der Waals surface area contributed by atoms with E-state index in [0.29, 0.717) is 17.7 Å². The minimum Gasteiger partial charge on any atom is -0.507 e. The first kappa shape index (κ1) is 11.2. The number of aromatic hydroxyl groups is 1. The van der Waals surface area contributed by atoms with Crippen molar-refractivity contribution in [2.75, 3.05) is 0 Å². The highest BCUT2D eigenvalue weighted by Gasteiger charge is 2.13. The van der Waals surface area contributed by atoms with Crippen LogP contribution in [0.1, 0.15) is 23.0 Å². The summed E-state index contributed by atoms with van der Waals surface area (Å²) in [4.78, 5) is 10.7. The fourth-order valence-corrected chi connectivity index (χ4v) is 1.65. The fraction of sp³-hybridized carbons (Fsp3) is 0.167. The van der Waals surface area contributed by atoms with Crippen molar-refractivity contribution in [3.05, 3.63) is 35.5 Å². The second-order valence-electron chi connectivity index (χ2n) is 3.64. The molecule has 5 nitrogen and oxygen atoms in total. The highest BCUT2D eigenvalue weighted by molar-refractivity contribution is 5.87. The lowest BCUT2D eigenvalue weighted by molar-refractivity contribution is 0.0690. The average molecular weight is 232 g/mol. The molecule has 0 atom stereocenters. The zero-order chi connectivity index (χ0) is 12.4. The number of carboxylic acids is 1. The third kappa shape index (κ3) is 1.99. The van der Waals surface area contributed by atoms with E-state index in [1.54, 1.807) is 6.07 Å². The van der Waals surface area contributed by atoms with E-state index in [-0.39, 0.29) is 11.4 Å². The van der Waals surface area contributed by atoms with E-state index in [1.165, 1.54) is 6.07 Å². The van der Waals surface area contributed by atoms with E-state index in [9.17, 15) is 9.90 Å². The molecule has 17 heavy (non-hydrogen) atoms. The molecule has 2 rings (SSSR count). The number of benzene rings is 1. The minimum absolute atomic E-state index is 0.00121. The van der Waals surface area contributed by atoms with Gasteiger partial charge in [-0.3, -0.25) is 5.10 Å². The van der Waals surface area contributed by atoms with Crippen molar-refractivity contribution in [3.63, 3.8) is 0 Å². The van der Waals surface area contributed by atoms with Gasteiger partial charge in [-0.15, -0.1) is 0 Å². The van der Waals surface area contributed by atoms with Crippen molar-refractivity contribution in [1.82, 2.24) is 10.2 Å². The summed E-state index contributed by atoms with van der Waals surface area (Å²) < 4.78 is 0. The van der Waals surface area contributed by atoms with Gasteiger partial charge in [0, 0.05) is 5.56 Å². The molecule has 0 unspecified atom stereocenters. The molecule has 0 saturated heterocycles. The Morgan fingerprint density at radius 2 is 2.24 bits per heavy atom. The fourth-order valence-electron chi connectivity index (χ4n) is 1.65. The Balaban J connectivity index is 2.49. The van der Waals surface area contributed by atoms with Gasteiger partial charge in [0.15, 0.2) is 0 Å². The molecule has 1 aromatic carbocycles. The smallest absolute Gasteiger partial charge is 0.353 e. The van der Waals surface area contributed by atoms with Crippen molar-refractivity contribution >= 4 is 5.97 Å². The van der Waals surface area contributed by atoms with Crippen molar-refractivity contribution in [2.45, 2.75) is 13.3 Å². The van der Waals surface area contributed by atoms with E-state index in [4.69, 9.17) is 5.11 Å². The maximum absolute atomic E-state index is 10.7. The van der Waals surface area contributed by atoms with Gasteiger partial charge in [0.2, 0.25) is 0 Å². The molecule has 0 aliphatic carbocycles. The first-order valence-corrected chi connectivity index (χ1v) is 5.23. The highest BCUT2D eigenvalue weighted by atomic mass is 16.4. The van der Waals surface area contributed by atoms with Crippen LogP contribution in [0, 0.1) is 0 Å². The normalized spacial score (nSPS) is 10.4. The number of nitrogens with zero attached hydrogens (tertiary/aromatic N) is 1. The predicted molar refractivity (Wildman–Crippen MR) is 62.0 cm³/mol. The van der Waals surface area contributed by atoms with Gasteiger partial charge in [0.05, 0.1) is 5.69 Å². The maximum Gasteiger partial charge on any atom is 0.353 e. The van der Waals surface area contributed by atoms with E-state index in [1.807, 2.05) is 19.1 Å². The Morgan fingerprint density at radius 3 is 2.82 bits per heavy atom. The number of hydrogen-bond acceptors (Lipinski definition) is 3. The summed E-state index contributed by atoms with van der Waals surface area (Å²) in [6.07, 6.45) is 0.704. The van der Waals surface area contributed by atoms with E-state index >= 15 is 0 Å². The Kier molecular flexibility index (Phi) is 2.82. The Bertz CT molecular complexity index is 561. The lowest BCUT2D eigenvalue weighted by atomic mass is 10.0. The van der Waals surface area contributed by atoms with E-state index in [2.05, 4.69) is 10.2 Å². The predicted octanol–water partition coefficient (Wildman–Crippen LogP) is 2.04. The highest BCUT2D eigenvalue weighted by Crippen LogP contribution is 2.31. The van der Waals surface area contributed by atoms with Gasteiger partial charge in [0.25, 0.3) is 0 Å². The number of aromatic nitrogens is 2. The maximum atomic E-state index is 10.7. The van der Waals surface area contributed by atoms with E-state index < -0.39 is 5.97 Å². The minimum atomic E-state index is -1.07. The zero-order valence-corrected chi connectivity index (χ0v) is 9.27. The first-order valence-electron chi connectivity index (χ1n) is 5.23. The van der Waals surface area contributed by atoms with Gasteiger partial charge in [-0.2, -0.15) is 5.10 Å². The van der Waals surface area contributed by atoms with Crippen molar-refractivity contribution in [1.29, 1.82) is 0 Å². The van der Waals surface area contributed by atoms with Crippen LogP contribution in [0.4, 0.5) is 0 Å². The number of hydrogen-bond donors (Lipinski definition) is 3. The van der Waals surface area contributed by atoms with Crippen molar-refractivity contribution in [2.24, 2.45) is 0 Å². The average Bonchev–Trinajstić information content (AvgIpc) is 2.78. The van der Waals surface area contributed by atoms with Crippen LogP contribution in [0.2, 0.25) is 0 Å². The number of carboxylic acid groups (broad SMARTS) is 1. The zero-order valence-electron chi connectivity index (χ0n) is 9.27. The van der Waals surface area contributed by atoms with E-state index in [0.717, 1.165) is 5.56 Å². The van der Waals surface area contributed by atoms with Gasteiger partial charge in [-0.25, -0.2) is 4.79 Å². The second-order valence-corrected chi connectivity index (χ2v) is 3.64. The number of H-pyrrole nitrogens is 1. The molecule has 0 bridgehead atoms. The summed E-state index contributed by atoms with van der Waals surface area (Å²) >= 11 is 0. The standard InChI is InChI=1S/C12H12N2O3/c1-2-7-4-3-5-8(11(7)15)9-6-10(12(16)17)14-13-9/h3-6,15H,2H2,1H3,(H,13,14)(H,16,17). The molecule has 1 heterocycles. The number of nitrogens with one attached hydrogen (secondary N) is 1. The molecule has 0 aliphatic rings. The SMILES string of the molecule is CCc1cccc(-c2cc(C(=O)O)[nH]n2)c1O. The van der Waals surface area contributed by atoms with Gasteiger partial charge >= 0.3 is 5.97 Å². The third-order valence-electron chi connectivity index (χ3n) is 2.58. The lowest BCUT2D eigenvalue weighted by Gasteiger charge is -2.05. The topological polar surface area (TPSA) is 86.2 Å². The summed E-state index contributed by atoms with van der Waals surface area (Å²) in [5.74, 6) is -0.923. The molecular formula is C12H12N2O3. The third-order valence-corrected chi connectivity index (χ3v) is 2.58. The Hall–Kier alpha value is -2.30. The van der Waals surface area contributed by atoms with Crippen LogP contribution in [0.5, 0.6) is 5.75 Å². The molecule has 0 saturated carbocycles. The molecule has 88 valence electrons. The second kappa shape index (κ2) is 4.29. The molecular weight excluding hydrogens is 220 g/mol. The van der Waals surface area contributed by atoms with Crippen LogP contribution < -0.4 is 0 Å². The molecule has 5 heteroatoms. The number of aromatic carboxylic acids is 1. The molecule has 2 aromatic rings. The van der Waals surface area contributed by atoms with Crippen LogP contribution in [-0.4, -0.2) is 26.4 Å². The summed E-state index contributed by atoms with van der Waals surface area (Å²) in [7, 11) is 0. The van der Waals surface area contributed by atoms with Crippen LogP contribution in [-0.2, 0) is 6.42 Å². The number of para-hydroxylation sites is 1. The van der Waals surface area contributed by atoms with Crippen LogP contribution in [0.15, 0.2) is 24.3 Å². The Morgan fingerprint density at radius 1 is 1.47 bits per heavy atom. The number of aromatic amines is 1. The summed E-state index contributed by atoms with van der Waals surface area (Å²) in [5.41, 5.74) is 1.77. The van der Waals surface area contributed by atoms with Crippen LogP contribution in [0.3, 0.4) is 0 Å². The van der Waals surface area contributed by atoms with Gasteiger partial charge in [0.1, 0.15) is 11.4 Å². The Labute approximate surface area is 97.7 Å². The largest absolute Gasteiger partial charge is 0.507 e. The van der Waals surface area contributed by atoms with Gasteiger partial charge in [-0.05, 0) is 24.1 Å². The lowest BCUT2D eigenvalue weighted by Crippen LogP contribution is -1.95. The molecule has 0 aliphatic heterocycles. The van der Waals surface area contributed by atoms with Crippen LogP contribution in [0.25, 0.3) is 11.3 Å². The summed E-state index contributed by atoms with van der Waals surface area (Å²) in [5, 5.41) is 25.1. The first-order chi connectivity index (χ1) is 8.13. The van der Waals surface area contributed by atoms with Gasteiger partial charge < -0.3 is 10.2 Å². The number of carbonyl (C=O) groups is 1. The number of aryl methyl sites for hydroxylation is 1. The molecule has 3 N–H and O–H groups in total. The molecule has 0 radical (unpaired) electrons. The molecule has 0 amide bonds. The molecule has 0 fully saturated rings. The number of phenols is 1. The monoisotopic (exact) mass is 232 g/mol. The number of phenolic OH excluding ortho intramolecular Hbond substituents is 1. The van der Waals surface area contributed by atoms with Crippen molar-refractivity contribution in [3.8, 4) is 17.0 Å². The quantitative estimate of drug-likeness (QED) is 0.755. The van der Waals surface area contributed by atoms with Gasteiger partial charge in [-0.1, -0.05) is 19.1 Å². The van der Waals surface area contributed by atoms with Crippen LogP contribution >= 0.6 is 0 Å². The number of rotatable bonds is 3. The summed E-state index contributed by atoms with van der Waals surface area (Å²) in [6.45, 7) is 1.94. The summed E-state index contributed by atoms with van der Waals surface area (Å²) in [6, 6.07) is 6.74. The molecule has 0 spiro atoms. The molecule has 1 aromatic heterocycles.